The van der Waals surface area contributed by atoms with Crippen LogP contribution in [0.15, 0.2) is 48.5 Å². The van der Waals surface area contributed by atoms with E-state index in [-0.39, 0.29) is 5.41 Å². The monoisotopic (exact) mass is 364 g/mol. The molecule has 0 aliphatic heterocycles. The second-order valence-electron chi connectivity index (χ2n) is 7.18. The number of hydrogen-bond acceptors (Lipinski definition) is 5. The molecule has 0 bridgehead atoms. The summed E-state index contributed by atoms with van der Waals surface area (Å²) >= 11 is 1.52. The van der Waals surface area contributed by atoms with E-state index in [1.807, 2.05) is 28.8 Å². The topological polar surface area (TPSA) is 52.3 Å². The number of benzene rings is 2. The highest BCUT2D eigenvalue weighted by atomic mass is 32.1. The zero-order chi connectivity index (χ0) is 18.3. The highest BCUT2D eigenvalue weighted by Crippen LogP contribution is 2.30. The van der Waals surface area contributed by atoms with Crippen molar-refractivity contribution < 1.29 is 4.74 Å². The molecule has 0 saturated carbocycles. The average molecular weight is 364 g/mol. The molecular formula is C20H20N4OS. The summed E-state index contributed by atoms with van der Waals surface area (Å²) in [6.45, 7) is 6.62. The maximum Gasteiger partial charge on any atom is 0.235 e. The van der Waals surface area contributed by atoms with E-state index >= 15 is 0 Å². The molecule has 6 heteroatoms. The summed E-state index contributed by atoms with van der Waals surface area (Å²) < 4.78 is 7.03. The Labute approximate surface area is 156 Å². The lowest BCUT2D eigenvalue weighted by Crippen LogP contribution is -2.10. The minimum atomic E-state index is 0.126. The summed E-state index contributed by atoms with van der Waals surface area (Å²) in [5.74, 6) is 1.59. The summed E-state index contributed by atoms with van der Waals surface area (Å²) in [6, 6.07) is 16.3. The second kappa shape index (κ2) is 6.21. The van der Waals surface area contributed by atoms with Gasteiger partial charge in [-0.25, -0.2) is 0 Å². The van der Waals surface area contributed by atoms with Crippen molar-refractivity contribution in [2.24, 2.45) is 0 Å². The van der Waals surface area contributed by atoms with E-state index in [4.69, 9.17) is 9.84 Å². The molecule has 0 aliphatic rings. The van der Waals surface area contributed by atoms with Gasteiger partial charge >= 0.3 is 0 Å². The van der Waals surface area contributed by atoms with E-state index in [0.29, 0.717) is 0 Å². The predicted octanol–water partition coefficient (Wildman–Crippen LogP) is 4.83. The molecule has 2 aromatic heterocycles. The molecule has 0 spiro atoms. The average Bonchev–Trinajstić information content (AvgIpc) is 3.22. The zero-order valence-corrected chi connectivity index (χ0v) is 16.0. The Hall–Kier alpha value is -2.73. The number of fused-ring (bicyclic) bond motifs is 1. The lowest BCUT2D eigenvalue weighted by Gasteiger charge is -2.18. The number of rotatable bonds is 3. The highest BCUT2D eigenvalue weighted by molar-refractivity contribution is 7.19. The Kier molecular flexibility index (Phi) is 4.00. The molecule has 0 unspecified atom stereocenters. The molecule has 4 rings (SSSR count). The first-order chi connectivity index (χ1) is 12.5. The van der Waals surface area contributed by atoms with Crippen LogP contribution in [0.2, 0.25) is 0 Å². The van der Waals surface area contributed by atoms with E-state index in [1.165, 1.54) is 16.9 Å². The van der Waals surface area contributed by atoms with Crippen LogP contribution < -0.4 is 4.74 Å². The first kappa shape index (κ1) is 16.7. The van der Waals surface area contributed by atoms with Crippen molar-refractivity contribution >= 4 is 16.3 Å². The standard InChI is InChI=1S/C20H20N4OS/c1-20(2,3)15-9-5-13(6-10-15)17-21-22-19-24(17)23-18(26-19)14-7-11-16(25-4)12-8-14/h5-12H,1-4H3. The van der Waals surface area contributed by atoms with Gasteiger partial charge in [0.05, 0.1) is 7.11 Å². The summed E-state index contributed by atoms with van der Waals surface area (Å²) in [5, 5.41) is 14.2. The SMILES string of the molecule is COc1ccc(-c2nn3c(-c4ccc(C(C)(C)C)cc4)nnc3s2)cc1. The Morgan fingerprint density at radius 3 is 2.15 bits per heavy atom. The van der Waals surface area contributed by atoms with E-state index in [0.717, 1.165) is 32.7 Å². The molecule has 26 heavy (non-hydrogen) atoms. The second-order valence-corrected chi connectivity index (χ2v) is 8.14. The molecule has 0 aliphatic carbocycles. The van der Waals surface area contributed by atoms with Gasteiger partial charge in [-0.1, -0.05) is 56.4 Å². The zero-order valence-electron chi connectivity index (χ0n) is 15.2. The Morgan fingerprint density at radius 2 is 1.54 bits per heavy atom. The molecule has 132 valence electrons. The number of hydrogen-bond donors (Lipinski definition) is 0. The summed E-state index contributed by atoms with van der Waals surface area (Å²) in [7, 11) is 1.66. The molecule has 5 nitrogen and oxygen atoms in total. The van der Waals surface area contributed by atoms with Gasteiger partial charge in [-0.05, 0) is 35.2 Å². The van der Waals surface area contributed by atoms with Gasteiger partial charge < -0.3 is 4.74 Å². The number of aromatic nitrogens is 4. The van der Waals surface area contributed by atoms with E-state index in [2.05, 4.69) is 55.2 Å². The predicted molar refractivity (Wildman–Crippen MR) is 105 cm³/mol. The maximum absolute atomic E-state index is 5.21. The quantitative estimate of drug-likeness (QED) is 0.523. The van der Waals surface area contributed by atoms with Crippen LogP contribution in [0.1, 0.15) is 26.3 Å². The Balaban J connectivity index is 1.72. The molecule has 0 fully saturated rings. The molecule has 0 amide bonds. The molecule has 2 aromatic carbocycles. The maximum atomic E-state index is 5.21. The largest absolute Gasteiger partial charge is 0.497 e. The van der Waals surface area contributed by atoms with Gasteiger partial charge in [0.15, 0.2) is 5.82 Å². The van der Waals surface area contributed by atoms with Crippen molar-refractivity contribution in [2.75, 3.05) is 7.11 Å². The lowest BCUT2D eigenvalue weighted by atomic mass is 9.87. The van der Waals surface area contributed by atoms with E-state index in [9.17, 15) is 0 Å². The summed E-state index contributed by atoms with van der Waals surface area (Å²) in [5.41, 5.74) is 3.47. The lowest BCUT2D eigenvalue weighted by molar-refractivity contribution is 0.415. The number of ether oxygens (including phenoxy) is 1. The summed E-state index contributed by atoms with van der Waals surface area (Å²) in [6.07, 6.45) is 0. The van der Waals surface area contributed by atoms with Crippen molar-refractivity contribution in [1.82, 2.24) is 19.8 Å². The van der Waals surface area contributed by atoms with Crippen molar-refractivity contribution in [3.05, 3.63) is 54.1 Å². The van der Waals surface area contributed by atoms with Gasteiger partial charge in [0, 0.05) is 11.1 Å². The molecule has 0 saturated heterocycles. The fraction of sp³-hybridized carbons (Fsp3) is 0.250. The van der Waals surface area contributed by atoms with Crippen molar-refractivity contribution in [2.45, 2.75) is 26.2 Å². The van der Waals surface area contributed by atoms with Gasteiger partial charge in [-0.3, -0.25) is 0 Å². The molecule has 0 N–H and O–H groups in total. The summed E-state index contributed by atoms with van der Waals surface area (Å²) in [4.78, 5) is 0.783. The third kappa shape index (κ3) is 2.97. The van der Waals surface area contributed by atoms with Gasteiger partial charge in [0.25, 0.3) is 0 Å². The van der Waals surface area contributed by atoms with Crippen LogP contribution in [-0.2, 0) is 5.41 Å². The van der Waals surface area contributed by atoms with Crippen LogP contribution in [0.5, 0.6) is 5.75 Å². The fourth-order valence-electron chi connectivity index (χ4n) is 2.77. The smallest absolute Gasteiger partial charge is 0.235 e. The molecule has 0 radical (unpaired) electrons. The fourth-order valence-corrected chi connectivity index (χ4v) is 3.61. The highest BCUT2D eigenvalue weighted by Gasteiger charge is 2.17. The Bertz CT molecular complexity index is 1040. The number of nitrogens with zero attached hydrogens (tertiary/aromatic N) is 4. The molecule has 2 heterocycles. The van der Waals surface area contributed by atoms with Crippen molar-refractivity contribution in [3.63, 3.8) is 0 Å². The molecule has 4 aromatic rings. The normalized spacial score (nSPS) is 11.8. The van der Waals surface area contributed by atoms with Gasteiger partial charge in [0.1, 0.15) is 10.8 Å². The van der Waals surface area contributed by atoms with Crippen LogP contribution in [0.3, 0.4) is 0 Å². The first-order valence-corrected chi connectivity index (χ1v) is 9.25. The van der Waals surface area contributed by atoms with Crippen LogP contribution in [-0.4, -0.2) is 26.9 Å². The molecule has 0 atom stereocenters. The van der Waals surface area contributed by atoms with Crippen LogP contribution in [0.4, 0.5) is 0 Å². The van der Waals surface area contributed by atoms with Gasteiger partial charge in [0.2, 0.25) is 4.96 Å². The minimum absolute atomic E-state index is 0.126. The van der Waals surface area contributed by atoms with E-state index in [1.54, 1.807) is 7.11 Å². The number of methoxy groups -OCH3 is 1. The van der Waals surface area contributed by atoms with Crippen LogP contribution >= 0.6 is 11.3 Å². The van der Waals surface area contributed by atoms with Gasteiger partial charge in [-0.15, -0.1) is 10.2 Å². The third-order valence-corrected chi connectivity index (χ3v) is 5.28. The third-order valence-electron chi connectivity index (χ3n) is 4.34. The Morgan fingerprint density at radius 1 is 0.885 bits per heavy atom. The minimum Gasteiger partial charge on any atom is -0.497 e. The molecular weight excluding hydrogens is 344 g/mol. The van der Waals surface area contributed by atoms with Crippen LogP contribution in [0, 0.1) is 0 Å². The first-order valence-electron chi connectivity index (χ1n) is 8.43. The van der Waals surface area contributed by atoms with Crippen molar-refractivity contribution in [1.29, 1.82) is 0 Å². The van der Waals surface area contributed by atoms with Crippen molar-refractivity contribution in [3.8, 4) is 27.7 Å². The van der Waals surface area contributed by atoms with Gasteiger partial charge in [-0.2, -0.15) is 9.61 Å². The van der Waals surface area contributed by atoms with Crippen LogP contribution in [0.25, 0.3) is 26.9 Å². The van der Waals surface area contributed by atoms with E-state index < -0.39 is 0 Å².